The summed E-state index contributed by atoms with van der Waals surface area (Å²) in [6.07, 6.45) is 1.35. The van der Waals surface area contributed by atoms with Gasteiger partial charge in [0.2, 0.25) is 0 Å². The van der Waals surface area contributed by atoms with Gasteiger partial charge in [0.05, 0.1) is 6.42 Å². The molecule has 0 unspecified atom stereocenters. The fraction of sp³-hybridized carbons (Fsp3) is 0.250. The largest absolute Gasteiger partial charge is 0.342 e. The number of rotatable bonds is 3. The van der Waals surface area contributed by atoms with Crippen LogP contribution in [-0.2, 0) is 9.63 Å². The molecule has 0 fully saturated rings. The van der Waals surface area contributed by atoms with E-state index in [4.69, 9.17) is 4.91 Å². The van der Waals surface area contributed by atoms with Crippen LogP contribution >= 0.6 is 0 Å². The summed E-state index contributed by atoms with van der Waals surface area (Å²) in [5, 5.41) is 1.91. The van der Waals surface area contributed by atoms with Crippen molar-refractivity contribution in [3.05, 3.63) is 17.6 Å². The van der Waals surface area contributed by atoms with E-state index < -0.39 is 5.97 Å². The van der Waals surface area contributed by atoms with Crippen LogP contribution in [0.3, 0.4) is 0 Å². The molecule has 0 spiro atoms. The molecule has 0 aliphatic heterocycles. The summed E-state index contributed by atoms with van der Waals surface area (Å²) < 4.78 is 0. The molecule has 44 valence electrons. The predicted octanol–water partition coefficient (Wildman–Crippen LogP) is 0.787. The first-order chi connectivity index (χ1) is 3.81. The van der Waals surface area contributed by atoms with Crippen molar-refractivity contribution < 1.29 is 9.63 Å². The average molecular weight is 115 g/mol. The maximum Gasteiger partial charge on any atom is 0.342 e. The van der Waals surface area contributed by atoms with Crippen LogP contribution in [0.4, 0.5) is 0 Å². The smallest absolute Gasteiger partial charge is 0.284 e. The molecule has 0 aromatic heterocycles. The highest BCUT2D eigenvalue weighted by Gasteiger charge is 1.95. The lowest BCUT2D eigenvalue weighted by atomic mass is 10.4. The van der Waals surface area contributed by atoms with Crippen LogP contribution in [0.15, 0.2) is 18.0 Å². The van der Waals surface area contributed by atoms with E-state index in [2.05, 4.69) is 11.4 Å². The third-order valence-electron chi connectivity index (χ3n) is 0.450. The van der Waals surface area contributed by atoms with Crippen molar-refractivity contribution in [2.24, 2.45) is 5.34 Å². The van der Waals surface area contributed by atoms with E-state index in [0.29, 0.717) is 0 Å². The van der Waals surface area contributed by atoms with E-state index in [0.717, 1.165) is 0 Å². The number of hydrogen-bond donors (Lipinski definition) is 0. The molecule has 0 amide bonds. The SMILES string of the molecule is C=CCC(=O)ON=O. The molecular weight excluding hydrogens is 110 g/mol. The second-order valence-corrected chi connectivity index (χ2v) is 1.03. The van der Waals surface area contributed by atoms with E-state index >= 15 is 0 Å². The number of carbonyl (C=O) groups is 1. The molecule has 0 aromatic rings. The minimum absolute atomic E-state index is 0.0196. The summed E-state index contributed by atoms with van der Waals surface area (Å²) in [5.74, 6) is -0.685. The van der Waals surface area contributed by atoms with Gasteiger partial charge in [-0.3, -0.25) is 4.84 Å². The first-order valence-corrected chi connectivity index (χ1v) is 1.94. The number of hydrogen-bond acceptors (Lipinski definition) is 4. The molecule has 0 atom stereocenters. The highest BCUT2D eigenvalue weighted by atomic mass is 16.7. The van der Waals surface area contributed by atoms with E-state index in [1.165, 1.54) is 6.08 Å². The molecule has 0 saturated carbocycles. The van der Waals surface area contributed by atoms with Crippen LogP contribution in [0.1, 0.15) is 6.42 Å². The lowest BCUT2D eigenvalue weighted by Gasteiger charge is -1.83. The van der Waals surface area contributed by atoms with Crippen LogP contribution in [0.5, 0.6) is 0 Å². The Morgan fingerprint density at radius 2 is 2.50 bits per heavy atom. The van der Waals surface area contributed by atoms with E-state index in [-0.39, 0.29) is 6.42 Å². The molecular formula is C4H5NO3. The lowest BCUT2D eigenvalue weighted by Crippen LogP contribution is -1.94. The summed E-state index contributed by atoms with van der Waals surface area (Å²) in [5.41, 5.74) is 0. The molecule has 0 heterocycles. The van der Waals surface area contributed by atoms with Crippen molar-refractivity contribution in [1.82, 2.24) is 0 Å². The van der Waals surface area contributed by atoms with Gasteiger partial charge in [-0.25, -0.2) is 4.79 Å². The summed E-state index contributed by atoms with van der Waals surface area (Å²) in [6, 6.07) is 0. The Morgan fingerprint density at radius 3 is 2.88 bits per heavy atom. The van der Waals surface area contributed by atoms with Crippen molar-refractivity contribution >= 4 is 5.97 Å². The van der Waals surface area contributed by atoms with E-state index in [1.54, 1.807) is 0 Å². The first-order valence-electron chi connectivity index (χ1n) is 1.94. The predicted molar refractivity (Wildman–Crippen MR) is 26.7 cm³/mol. The molecule has 4 heteroatoms. The monoisotopic (exact) mass is 115 g/mol. The minimum Gasteiger partial charge on any atom is -0.284 e. The highest BCUT2D eigenvalue weighted by Crippen LogP contribution is 1.84. The van der Waals surface area contributed by atoms with Crippen LogP contribution in [-0.4, -0.2) is 5.97 Å². The number of nitrogens with zero attached hydrogens (tertiary/aromatic N) is 1. The van der Waals surface area contributed by atoms with Gasteiger partial charge in [0.1, 0.15) is 0 Å². The van der Waals surface area contributed by atoms with Crippen molar-refractivity contribution in [3.63, 3.8) is 0 Å². The maximum absolute atomic E-state index is 10.1. The Labute approximate surface area is 46.1 Å². The maximum atomic E-state index is 10.1. The highest BCUT2D eigenvalue weighted by molar-refractivity contribution is 5.70. The van der Waals surface area contributed by atoms with Gasteiger partial charge >= 0.3 is 5.97 Å². The van der Waals surface area contributed by atoms with Crippen LogP contribution in [0, 0.1) is 4.91 Å². The Morgan fingerprint density at radius 1 is 1.88 bits per heavy atom. The second kappa shape index (κ2) is 3.98. The molecule has 0 N–H and O–H groups in total. The van der Waals surface area contributed by atoms with E-state index in [1.807, 2.05) is 5.34 Å². The fourth-order valence-electron chi connectivity index (χ4n) is 0.197. The Bertz CT molecular complexity index is 97.9. The van der Waals surface area contributed by atoms with Gasteiger partial charge < -0.3 is 0 Å². The molecule has 0 bridgehead atoms. The molecule has 0 aliphatic rings. The van der Waals surface area contributed by atoms with Gasteiger partial charge in [0, 0.05) is 0 Å². The summed E-state index contributed by atoms with van der Waals surface area (Å²) in [6.45, 7) is 3.24. The topological polar surface area (TPSA) is 55.7 Å². The van der Waals surface area contributed by atoms with Gasteiger partial charge in [-0.15, -0.1) is 11.5 Å². The Kier molecular flexibility index (Phi) is 3.39. The van der Waals surface area contributed by atoms with Crippen molar-refractivity contribution in [1.29, 1.82) is 0 Å². The Balaban J connectivity index is 3.32. The fourth-order valence-corrected chi connectivity index (χ4v) is 0.197. The zero-order chi connectivity index (χ0) is 6.41. The molecule has 0 saturated heterocycles. The third kappa shape index (κ3) is 3.02. The average Bonchev–Trinajstić information content (AvgIpc) is 1.68. The molecule has 0 aromatic carbocycles. The van der Waals surface area contributed by atoms with Gasteiger partial charge in [-0.1, -0.05) is 6.08 Å². The molecule has 8 heavy (non-hydrogen) atoms. The zero-order valence-electron chi connectivity index (χ0n) is 4.16. The quantitative estimate of drug-likeness (QED) is 0.310. The van der Waals surface area contributed by atoms with Crippen molar-refractivity contribution in [3.8, 4) is 0 Å². The normalized spacial score (nSPS) is 7.50. The number of carbonyl (C=O) groups excluding carboxylic acids is 1. The van der Waals surface area contributed by atoms with Gasteiger partial charge in [0.25, 0.3) is 0 Å². The van der Waals surface area contributed by atoms with Gasteiger partial charge in [0.15, 0.2) is 5.34 Å². The van der Waals surface area contributed by atoms with Gasteiger partial charge in [-0.05, 0) is 0 Å². The Hall–Kier alpha value is -1.19. The molecule has 0 radical (unpaired) electrons. The molecule has 0 aliphatic carbocycles. The van der Waals surface area contributed by atoms with Crippen LogP contribution in [0.25, 0.3) is 0 Å². The molecule has 0 rings (SSSR count). The van der Waals surface area contributed by atoms with Gasteiger partial charge in [-0.2, -0.15) is 0 Å². The summed E-state index contributed by atoms with van der Waals surface area (Å²) in [7, 11) is 0. The zero-order valence-corrected chi connectivity index (χ0v) is 4.16. The third-order valence-corrected chi connectivity index (χ3v) is 0.450. The summed E-state index contributed by atoms with van der Waals surface area (Å²) in [4.78, 5) is 22.9. The van der Waals surface area contributed by atoms with Crippen molar-refractivity contribution in [2.75, 3.05) is 0 Å². The lowest BCUT2D eigenvalue weighted by molar-refractivity contribution is -0.142. The van der Waals surface area contributed by atoms with Crippen molar-refractivity contribution in [2.45, 2.75) is 6.42 Å². The van der Waals surface area contributed by atoms with Crippen LogP contribution in [0.2, 0.25) is 0 Å². The van der Waals surface area contributed by atoms with Crippen LogP contribution < -0.4 is 0 Å². The summed E-state index contributed by atoms with van der Waals surface area (Å²) >= 11 is 0. The minimum atomic E-state index is -0.685. The first kappa shape index (κ1) is 6.81. The van der Waals surface area contributed by atoms with E-state index in [9.17, 15) is 4.79 Å². The standard InChI is InChI=1S/C4H5NO3/c1-2-3-4(6)8-5-7/h2H,1,3H2. The second-order valence-electron chi connectivity index (χ2n) is 1.03. The molecule has 4 nitrogen and oxygen atoms in total.